The molecule has 3 aliphatic rings. The van der Waals surface area contributed by atoms with Crippen molar-refractivity contribution in [2.24, 2.45) is 5.92 Å². The van der Waals surface area contributed by atoms with Crippen molar-refractivity contribution >= 4 is 22.1 Å². The molecule has 1 atom stereocenters. The highest BCUT2D eigenvalue weighted by atomic mass is 32.2. The molecule has 38 heavy (non-hydrogen) atoms. The first-order valence-corrected chi connectivity index (χ1v) is 14.2. The van der Waals surface area contributed by atoms with Crippen LogP contribution >= 0.6 is 0 Å². The van der Waals surface area contributed by atoms with Crippen LogP contribution in [0.5, 0.6) is 5.75 Å². The summed E-state index contributed by atoms with van der Waals surface area (Å²) >= 11 is 0. The summed E-state index contributed by atoms with van der Waals surface area (Å²) < 4.78 is 44.1. The molecular formula is C30H30O7S. The molecule has 1 unspecified atom stereocenters. The minimum atomic E-state index is -4.42. The zero-order chi connectivity index (χ0) is 27.2. The zero-order valence-corrected chi connectivity index (χ0v) is 22.3. The van der Waals surface area contributed by atoms with E-state index in [9.17, 15) is 22.6 Å². The molecule has 3 aromatic rings. The fraction of sp³-hybridized carbons (Fsp3) is 0.333. The molecule has 7 nitrogen and oxygen atoms in total. The number of ether oxygens (including phenoxy) is 2. The Balaban J connectivity index is 1.25. The second-order valence-electron chi connectivity index (χ2n) is 10.3. The third-order valence-electron chi connectivity index (χ3n) is 7.59. The quantitative estimate of drug-likeness (QED) is 0.242. The summed E-state index contributed by atoms with van der Waals surface area (Å²) in [7, 11) is -4.42. The van der Waals surface area contributed by atoms with Gasteiger partial charge in [0, 0.05) is 11.8 Å². The van der Waals surface area contributed by atoms with Crippen molar-refractivity contribution in [3.63, 3.8) is 0 Å². The molecule has 1 N–H and O–H groups in total. The molecule has 0 saturated carbocycles. The van der Waals surface area contributed by atoms with Crippen LogP contribution in [-0.2, 0) is 24.4 Å². The summed E-state index contributed by atoms with van der Waals surface area (Å²) in [4.78, 5) is 25.6. The van der Waals surface area contributed by atoms with E-state index in [1.807, 2.05) is 24.3 Å². The van der Waals surface area contributed by atoms with Gasteiger partial charge in [0.25, 0.3) is 10.1 Å². The summed E-state index contributed by atoms with van der Waals surface area (Å²) in [6, 6.07) is 19.2. The maximum atomic E-state index is 13.2. The highest BCUT2D eigenvalue weighted by Crippen LogP contribution is 2.55. The third kappa shape index (κ3) is 4.74. The summed E-state index contributed by atoms with van der Waals surface area (Å²) in [6.45, 7) is 5.03. The number of benzene rings is 3. The minimum Gasteiger partial charge on any atom is -0.465 e. The van der Waals surface area contributed by atoms with Gasteiger partial charge in [-0.2, -0.15) is 8.42 Å². The molecule has 2 bridgehead atoms. The van der Waals surface area contributed by atoms with E-state index in [1.165, 1.54) is 23.3 Å². The van der Waals surface area contributed by atoms with E-state index in [4.69, 9.17) is 9.47 Å². The van der Waals surface area contributed by atoms with Gasteiger partial charge in [0.15, 0.2) is 0 Å². The van der Waals surface area contributed by atoms with Gasteiger partial charge in [0.1, 0.15) is 12.4 Å². The van der Waals surface area contributed by atoms with E-state index >= 15 is 0 Å². The van der Waals surface area contributed by atoms with Crippen molar-refractivity contribution < 1.29 is 32.0 Å². The van der Waals surface area contributed by atoms with Gasteiger partial charge in [-0.25, -0.2) is 0 Å². The van der Waals surface area contributed by atoms with Gasteiger partial charge < -0.3 is 9.47 Å². The Morgan fingerprint density at radius 1 is 0.974 bits per heavy atom. The summed E-state index contributed by atoms with van der Waals surface area (Å²) in [6.07, 6.45) is 0.523. The second-order valence-corrected chi connectivity index (χ2v) is 11.7. The molecule has 0 fully saturated rings. The monoisotopic (exact) mass is 534 g/mol. The van der Waals surface area contributed by atoms with Crippen LogP contribution in [0.2, 0.25) is 0 Å². The lowest BCUT2D eigenvalue weighted by Gasteiger charge is -2.44. The van der Waals surface area contributed by atoms with Gasteiger partial charge in [0.2, 0.25) is 0 Å². The van der Waals surface area contributed by atoms with Gasteiger partial charge in [-0.05, 0) is 64.8 Å². The average molecular weight is 535 g/mol. The second kappa shape index (κ2) is 10.0. The highest BCUT2D eigenvalue weighted by Gasteiger charge is 2.46. The molecule has 0 amide bonds. The molecule has 0 saturated heterocycles. The molecule has 0 aliphatic heterocycles. The van der Waals surface area contributed by atoms with Crippen LogP contribution in [0.25, 0.3) is 0 Å². The molecule has 8 heteroatoms. The Labute approximate surface area is 222 Å². The number of hydrogen-bond acceptors (Lipinski definition) is 6. The van der Waals surface area contributed by atoms with E-state index < -0.39 is 16.1 Å². The van der Waals surface area contributed by atoms with E-state index in [1.54, 1.807) is 20.8 Å². The fourth-order valence-electron chi connectivity index (χ4n) is 5.85. The number of aryl methyl sites for hydroxylation is 1. The Hall–Kier alpha value is -3.49. The first kappa shape index (κ1) is 26.1. The number of carbonyl (C=O) groups excluding carboxylic acids is 2. The SMILES string of the molecule is Cc1cc(S(=O)(=O)O)c(C(C)C)cc1OC(=O)CCOC(=O)C1CC2c3ccccc3C1c1ccccc12. The summed E-state index contributed by atoms with van der Waals surface area (Å²) in [5.41, 5.74) is 5.59. The summed E-state index contributed by atoms with van der Waals surface area (Å²) in [5.74, 6) is -1.22. The van der Waals surface area contributed by atoms with E-state index in [2.05, 4.69) is 24.3 Å². The normalized spacial score (nSPS) is 19.6. The van der Waals surface area contributed by atoms with Crippen LogP contribution in [0.1, 0.15) is 77.8 Å². The highest BCUT2D eigenvalue weighted by molar-refractivity contribution is 7.85. The van der Waals surface area contributed by atoms with Gasteiger partial charge in [-0.1, -0.05) is 62.4 Å². The number of esters is 2. The number of hydrogen-bond donors (Lipinski definition) is 1. The first-order chi connectivity index (χ1) is 18.1. The van der Waals surface area contributed by atoms with E-state index in [-0.39, 0.29) is 53.3 Å². The van der Waals surface area contributed by atoms with Crippen LogP contribution in [0, 0.1) is 12.8 Å². The Kier molecular flexibility index (Phi) is 6.88. The maximum Gasteiger partial charge on any atom is 0.314 e. The molecule has 3 aromatic carbocycles. The topological polar surface area (TPSA) is 107 Å². The standard InChI is InChI=1S/C30H30O7S/c1-17(2)23-16-26(18(3)14-27(23)38(33,34)35)37-28(31)12-13-36-30(32)25-15-24-19-8-4-6-10-21(19)29(25)22-11-7-5-9-20(22)24/h4-11,14,16-17,24-25,29H,12-13,15H2,1-3H3,(H,33,34,35). The predicted molar refractivity (Wildman–Crippen MR) is 141 cm³/mol. The largest absolute Gasteiger partial charge is 0.465 e. The maximum absolute atomic E-state index is 13.2. The number of rotatable bonds is 7. The molecular weight excluding hydrogens is 504 g/mol. The van der Waals surface area contributed by atoms with Crippen LogP contribution < -0.4 is 4.74 Å². The Morgan fingerprint density at radius 2 is 1.55 bits per heavy atom. The van der Waals surface area contributed by atoms with Crippen molar-refractivity contribution in [3.8, 4) is 5.75 Å². The predicted octanol–water partition coefficient (Wildman–Crippen LogP) is 5.50. The van der Waals surface area contributed by atoms with Crippen molar-refractivity contribution in [1.29, 1.82) is 0 Å². The molecule has 6 rings (SSSR count). The first-order valence-electron chi connectivity index (χ1n) is 12.7. The van der Waals surface area contributed by atoms with E-state index in [0.717, 1.165) is 11.1 Å². The van der Waals surface area contributed by atoms with E-state index in [0.29, 0.717) is 17.5 Å². The Bertz CT molecular complexity index is 1480. The summed E-state index contributed by atoms with van der Waals surface area (Å²) in [5, 5.41) is 0. The van der Waals surface area contributed by atoms with Crippen molar-refractivity contribution in [2.45, 2.75) is 56.3 Å². The Morgan fingerprint density at radius 3 is 2.11 bits per heavy atom. The number of fused-ring (bicyclic) bond motifs is 1. The van der Waals surface area contributed by atoms with Crippen LogP contribution in [0.4, 0.5) is 0 Å². The van der Waals surface area contributed by atoms with Gasteiger partial charge >= 0.3 is 11.9 Å². The molecule has 0 heterocycles. The van der Waals surface area contributed by atoms with Crippen molar-refractivity contribution in [1.82, 2.24) is 0 Å². The third-order valence-corrected chi connectivity index (χ3v) is 8.50. The molecule has 0 spiro atoms. The van der Waals surface area contributed by atoms with Crippen LogP contribution in [-0.4, -0.2) is 31.5 Å². The smallest absolute Gasteiger partial charge is 0.314 e. The van der Waals surface area contributed by atoms with Crippen molar-refractivity contribution in [3.05, 3.63) is 94.0 Å². The average Bonchev–Trinajstić information content (AvgIpc) is 2.88. The lowest BCUT2D eigenvalue weighted by molar-refractivity contribution is -0.151. The molecule has 198 valence electrons. The lowest BCUT2D eigenvalue weighted by Crippen LogP contribution is -2.37. The van der Waals surface area contributed by atoms with Crippen LogP contribution in [0.3, 0.4) is 0 Å². The lowest BCUT2D eigenvalue weighted by atomic mass is 9.59. The fourth-order valence-corrected chi connectivity index (χ4v) is 6.76. The zero-order valence-electron chi connectivity index (χ0n) is 21.5. The van der Waals surface area contributed by atoms with Gasteiger partial charge in [-0.15, -0.1) is 0 Å². The van der Waals surface area contributed by atoms with Crippen LogP contribution in [0.15, 0.2) is 65.6 Å². The van der Waals surface area contributed by atoms with Gasteiger partial charge in [0.05, 0.1) is 17.2 Å². The molecule has 3 aliphatic carbocycles. The minimum absolute atomic E-state index is 0.0785. The number of carbonyl (C=O) groups is 2. The molecule has 0 radical (unpaired) electrons. The van der Waals surface area contributed by atoms with Gasteiger partial charge in [-0.3, -0.25) is 14.1 Å². The molecule has 0 aromatic heterocycles. The van der Waals surface area contributed by atoms with Crippen molar-refractivity contribution in [2.75, 3.05) is 6.61 Å².